The monoisotopic (exact) mass is 282 g/mol. The molecule has 0 spiro atoms. The minimum Gasteiger partial charge on any atom is -0.395 e. The average molecular weight is 282 g/mol. The molecule has 1 unspecified atom stereocenters. The molecule has 1 atom stereocenters. The number of aromatic nitrogens is 2. The molecular formula is C13H22N4O3. The van der Waals surface area contributed by atoms with Crippen LogP contribution in [0.15, 0.2) is 4.52 Å². The lowest BCUT2D eigenvalue weighted by atomic mass is 9.89. The Morgan fingerprint density at radius 3 is 2.90 bits per heavy atom. The molecule has 1 fully saturated rings. The van der Waals surface area contributed by atoms with Crippen LogP contribution in [0.3, 0.4) is 0 Å². The summed E-state index contributed by atoms with van der Waals surface area (Å²) in [5, 5.41) is 17.9. The van der Waals surface area contributed by atoms with Crippen molar-refractivity contribution in [2.45, 2.75) is 51.0 Å². The lowest BCUT2D eigenvalue weighted by Crippen LogP contribution is -2.38. The largest absolute Gasteiger partial charge is 0.395 e. The highest BCUT2D eigenvalue weighted by Crippen LogP contribution is 2.31. The molecule has 0 aliphatic heterocycles. The molecule has 1 aromatic heterocycles. The number of amides is 2. The second kappa shape index (κ2) is 7.23. The van der Waals surface area contributed by atoms with E-state index in [0.717, 1.165) is 18.7 Å². The predicted molar refractivity (Wildman–Crippen MR) is 72.2 cm³/mol. The highest BCUT2D eigenvalue weighted by atomic mass is 16.5. The molecule has 0 bridgehead atoms. The maximum Gasteiger partial charge on any atom is 0.315 e. The molecule has 7 nitrogen and oxygen atoms in total. The van der Waals surface area contributed by atoms with Crippen molar-refractivity contribution < 1.29 is 14.4 Å². The van der Waals surface area contributed by atoms with Crippen LogP contribution in [0, 0.1) is 0 Å². The van der Waals surface area contributed by atoms with E-state index < -0.39 is 0 Å². The van der Waals surface area contributed by atoms with E-state index in [2.05, 4.69) is 20.8 Å². The number of urea groups is 1. The van der Waals surface area contributed by atoms with Crippen LogP contribution in [0.1, 0.15) is 62.7 Å². The zero-order chi connectivity index (χ0) is 14.4. The van der Waals surface area contributed by atoms with Gasteiger partial charge in [0.1, 0.15) is 6.04 Å². The standard InChI is InChI=1S/C13H22N4O3/c1-9(15-13(19)14-7-8-18)12-16-11(17-20-12)10-5-3-2-4-6-10/h9-10,18H,2-8H2,1H3,(H2,14,15,19). The van der Waals surface area contributed by atoms with Gasteiger partial charge < -0.3 is 20.3 Å². The second-order valence-corrected chi connectivity index (χ2v) is 5.17. The molecule has 20 heavy (non-hydrogen) atoms. The highest BCUT2D eigenvalue weighted by Gasteiger charge is 2.23. The first-order chi connectivity index (χ1) is 9.70. The average Bonchev–Trinajstić information content (AvgIpc) is 2.96. The Balaban J connectivity index is 1.88. The number of nitrogens with one attached hydrogen (secondary N) is 2. The highest BCUT2D eigenvalue weighted by molar-refractivity contribution is 5.74. The molecule has 3 N–H and O–H groups in total. The molecule has 1 aliphatic rings. The molecule has 2 rings (SSSR count). The van der Waals surface area contributed by atoms with Gasteiger partial charge in [-0.1, -0.05) is 24.4 Å². The zero-order valence-electron chi connectivity index (χ0n) is 11.8. The van der Waals surface area contributed by atoms with Crippen molar-refractivity contribution in [3.8, 4) is 0 Å². The molecular weight excluding hydrogens is 260 g/mol. The van der Waals surface area contributed by atoms with Crippen LogP contribution < -0.4 is 10.6 Å². The Kier molecular flexibility index (Phi) is 5.34. The van der Waals surface area contributed by atoms with E-state index in [1.54, 1.807) is 6.92 Å². The fraction of sp³-hybridized carbons (Fsp3) is 0.769. The fourth-order valence-corrected chi connectivity index (χ4v) is 2.43. The lowest BCUT2D eigenvalue weighted by molar-refractivity contribution is 0.228. The Morgan fingerprint density at radius 2 is 2.20 bits per heavy atom. The van der Waals surface area contributed by atoms with Crippen LogP contribution in [-0.2, 0) is 0 Å². The first-order valence-electron chi connectivity index (χ1n) is 7.19. The van der Waals surface area contributed by atoms with Crippen molar-refractivity contribution in [2.24, 2.45) is 0 Å². The zero-order valence-corrected chi connectivity index (χ0v) is 11.8. The molecule has 2 amide bonds. The molecule has 0 saturated heterocycles. The van der Waals surface area contributed by atoms with Crippen molar-refractivity contribution in [1.29, 1.82) is 0 Å². The van der Waals surface area contributed by atoms with Crippen molar-refractivity contribution in [2.75, 3.05) is 13.2 Å². The van der Waals surface area contributed by atoms with Crippen molar-refractivity contribution in [3.05, 3.63) is 11.7 Å². The molecule has 112 valence electrons. The number of nitrogens with zero attached hydrogens (tertiary/aromatic N) is 2. The van der Waals surface area contributed by atoms with Gasteiger partial charge in [-0.2, -0.15) is 4.98 Å². The van der Waals surface area contributed by atoms with Crippen LogP contribution in [-0.4, -0.2) is 34.4 Å². The van der Waals surface area contributed by atoms with E-state index in [1.807, 2.05) is 0 Å². The van der Waals surface area contributed by atoms with Crippen molar-refractivity contribution in [3.63, 3.8) is 0 Å². The summed E-state index contributed by atoms with van der Waals surface area (Å²) in [5.41, 5.74) is 0. The van der Waals surface area contributed by atoms with Crippen LogP contribution in [0.4, 0.5) is 4.79 Å². The van der Waals surface area contributed by atoms with Crippen molar-refractivity contribution in [1.82, 2.24) is 20.8 Å². The molecule has 0 aromatic carbocycles. The topological polar surface area (TPSA) is 100 Å². The summed E-state index contributed by atoms with van der Waals surface area (Å²) in [6, 6.07) is -0.706. The van der Waals surface area contributed by atoms with Gasteiger partial charge in [0.2, 0.25) is 5.89 Å². The third kappa shape index (κ3) is 3.93. The van der Waals surface area contributed by atoms with Gasteiger partial charge in [0.15, 0.2) is 5.82 Å². The maximum absolute atomic E-state index is 11.5. The van der Waals surface area contributed by atoms with Gasteiger partial charge in [0.25, 0.3) is 0 Å². The second-order valence-electron chi connectivity index (χ2n) is 5.17. The van der Waals surface area contributed by atoms with Gasteiger partial charge in [0.05, 0.1) is 6.61 Å². The van der Waals surface area contributed by atoms with Crippen LogP contribution in [0.5, 0.6) is 0 Å². The number of carbonyl (C=O) groups is 1. The van der Waals surface area contributed by atoms with Gasteiger partial charge >= 0.3 is 6.03 Å². The SMILES string of the molecule is CC(NC(=O)NCCO)c1nc(C2CCCCC2)no1. The smallest absolute Gasteiger partial charge is 0.315 e. The molecule has 1 aliphatic carbocycles. The fourth-order valence-electron chi connectivity index (χ4n) is 2.43. The molecule has 0 radical (unpaired) electrons. The summed E-state index contributed by atoms with van der Waals surface area (Å²) >= 11 is 0. The third-order valence-corrected chi connectivity index (χ3v) is 3.54. The Labute approximate surface area is 118 Å². The summed E-state index contributed by atoms with van der Waals surface area (Å²) in [5.74, 6) is 1.56. The Hall–Kier alpha value is -1.63. The number of aliphatic hydroxyl groups excluding tert-OH is 1. The van der Waals surface area contributed by atoms with E-state index in [1.165, 1.54) is 19.3 Å². The van der Waals surface area contributed by atoms with Crippen LogP contribution >= 0.6 is 0 Å². The summed E-state index contributed by atoms with van der Waals surface area (Å²) in [6.45, 7) is 1.92. The summed E-state index contributed by atoms with van der Waals surface area (Å²) in [7, 11) is 0. The first-order valence-corrected chi connectivity index (χ1v) is 7.19. The van der Waals surface area contributed by atoms with E-state index in [9.17, 15) is 4.79 Å². The quantitative estimate of drug-likeness (QED) is 0.759. The van der Waals surface area contributed by atoms with Gasteiger partial charge in [-0.15, -0.1) is 0 Å². The number of hydrogen-bond donors (Lipinski definition) is 3. The van der Waals surface area contributed by atoms with Gasteiger partial charge in [-0.3, -0.25) is 0 Å². The predicted octanol–water partition coefficient (Wildman–Crippen LogP) is 1.47. The Morgan fingerprint density at radius 1 is 1.45 bits per heavy atom. The normalized spacial score (nSPS) is 17.7. The Bertz CT molecular complexity index is 429. The summed E-state index contributed by atoms with van der Waals surface area (Å²) in [6.07, 6.45) is 5.93. The van der Waals surface area contributed by atoms with Crippen LogP contribution in [0.2, 0.25) is 0 Å². The van der Waals surface area contributed by atoms with E-state index >= 15 is 0 Å². The maximum atomic E-state index is 11.5. The number of aliphatic hydroxyl groups is 1. The van der Waals surface area contributed by atoms with Gasteiger partial charge in [-0.25, -0.2) is 4.79 Å². The lowest BCUT2D eigenvalue weighted by Gasteiger charge is -2.17. The molecule has 7 heteroatoms. The van der Waals surface area contributed by atoms with E-state index in [0.29, 0.717) is 11.8 Å². The van der Waals surface area contributed by atoms with E-state index in [-0.39, 0.29) is 25.2 Å². The third-order valence-electron chi connectivity index (χ3n) is 3.54. The minimum absolute atomic E-state index is 0.0891. The number of rotatable bonds is 5. The van der Waals surface area contributed by atoms with E-state index in [4.69, 9.17) is 9.63 Å². The summed E-state index contributed by atoms with van der Waals surface area (Å²) < 4.78 is 5.23. The molecule has 1 saturated carbocycles. The summed E-state index contributed by atoms with van der Waals surface area (Å²) in [4.78, 5) is 15.9. The van der Waals surface area contributed by atoms with Crippen LogP contribution in [0.25, 0.3) is 0 Å². The number of carbonyl (C=O) groups excluding carboxylic acids is 1. The molecule has 1 aromatic rings. The van der Waals surface area contributed by atoms with Gasteiger partial charge in [0, 0.05) is 12.5 Å². The number of hydrogen-bond acceptors (Lipinski definition) is 5. The van der Waals surface area contributed by atoms with Crippen molar-refractivity contribution >= 4 is 6.03 Å². The molecule has 1 heterocycles. The first kappa shape index (κ1) is 14.8. The van der Waals surface area contributed by atoms with Gasteiger partial charge in [-0.05, 0) is 19.8 Å². The minimum atomic E-state index is -0.357.